The average molecular weight is 312 g/mol. The van der Waals surface area contributed by atoms with Crippen LogP contribution in [0.15, 0.2) is 27.5 Å². The summed E-state index contributed by atoms with van der Waals surface area (Å²) >= 11 is 0. The molecule has 0 saturated heterocycles. The lowest BCUT2D eigenvalue weighted by Crippen LogP contribution is -2.19. The van der Waals surface area contributed by atoms with Crippen molar-refractivity contribution in [1.29, 1.82) is 0 Å². The molecule has 3 aromatic rings. The van der Waals surface area contributed by atoms with Gasteiger partial charge in [0.15, 0.2) is 5.58 Å². The summed E-state index contributed by atoms with van der Waals surface area (Å²) < 4.78 is 5.27. The Kier molecular flexibility index (Phi) is 3.69. The van der Waals surface area contributed by atoms with Crippen LogP contribution in [-0.4, -0.2) is 21.0 Å². The van der Waals surface area contributed by atoms with Crippen LogP contribution in [-0.2, 0) is 11.2 Å². The van der Waals surface area contributed by atoms with Crippen LogP contribution in [0.2, 0.25) is 0 Å². The van der Waals surface area contributed by atoms with Crippen LogP contribution in [0.1, 0.15) is 22.6 Å². The Bertz CT molecular complexity index is 956. The molecule has 1 aromatic carbocycles. The molecule has 0 atom stereocenters. The third-order valence-corrected chi connectivity index (χ3v) is 3.62. The van der Waals surface area contributed by atoms with Crippen molar-refractivity contribution in [3.63, 3.8) is 0 Å². The number of aryl methyl sites for hydroxylation is 3. The van der Waals surface area contributed by atoms with Gasteiger partial charge < -0.3 is 14.8 Å². The van der Waals surface area contributed by atoms with E-state index >= 15 is 0 Å². The largest absolute Gasteiger partial charge is 0.356 e. The van der Waals surface area contributed by atoms with Gasteiger partial charge in [-0.05, 0) is 44.0 Å². The van der Waals surface area contributed by atoms with Crippen LogP contribution in [0, 0.1) is 20.8 Å². The summed E-state index contributed by atoms with van der Waals surface area (Å²) in [7, 11) is 0. The Morgan fingerprint density at radius 2 is 1.96 bits per heavy atom. The predicted molar refractivity (Wildman–Crippen MR) is 85.4 cm³/mol. The first-order valence-corrected chi connectivity index (χ1v) is 7.15. The SMILES string of the molecule is Cc1nc(NC(=O)Cc2noc3cc(C)c(C)cc23)cc(=O)[nH]1. The van der Waals surface area contributed by atoms with E-state index in [0.717, 1.165) is 16.5 Å². The maximum Gasteiger partial charge on any atom is 0.252 e. The van der Waals surface area contributed by atoms with Crippen molar-refractivity contribution in [2.24, 2.45) is 0 Å². The fraction of sp³-hybridized carbons (Fsp3) is 0.250. The van der Waals surface area contributed by atoms with Crippen molar-refractivity contribution in [2.75, 3.05) is 5.32 Å². The lowest BCUT2D eigenvalue weighted by atomic mass is 10.1. The highest BCUT2D eigenvalue weighted by atomic mass is 16.5. The van der Waals surface area contributed by atoms with Gasteiger partial charge in [0, 0.05) is 11.5 Å². The number of anilines is 1. The number of aromatic amines is 1. The normalized spacial score (nSPS) is 10.9. The van der Waals surface area contributed by atoms with Crippen molar-refractivity contribution in [2.45, 2.75) is 27.2 Å². The molecular weight excluding hydrogens is 296 g/mol. The van der Waals surface area contributed by atoms with Crippen molar-refractivity contribution in [3.05, 3.63) is 51.2 Å². The number of fused-ring (bicyclic) bond motifs is 1. The third-order valence-electron chi connectivity index (χ3n) is 3.62. The van der Waals surface area contributed by atoms with Crippen molar-refractivity contribution < 1.29 is 9.32 Å². The van der Waals surface area contributed by atoms with E-state index in [-0.39, 0.29) is 23.7 Å². The van der Waals surface area contributed by atoms with E-state index in [1.807, 2.05) is 26.0 Å². The number of carbonyl (C=O) groups is 1. The second-order valence-electron chi connectivity index (χ2n) is 5.50. The quantitative estimate of drug-likeness (QED) is 0.770. The smallest absolute Gasteiger partial charge is 0.252 e. The van der Waals surface area contributed by atoms with Gasteiger partial charge in [-0.3, -0.25) is 9.59 Å². The molecule has 0 saturated carbocycles. The van der Waals surface area contributed by atoms with Crippen LogP contribution < -0.4 is 10.9 Å². The average Bonchev–Trinajstić information content (AvgIpc) is 2.80. The van der Waals surface area contributed by atoms with Crippen LogP contribution >= 0.6 is 0 Å². The molecule has 0 aliphatic rings. The number of carbonyl (C=O) groups excluding carboxylic acids is 1. The zero-order valence-corrected chi connectivity index (χ0v) is 13.1. The second kappa shape index (κ2) is 5.68. The van der Waals surface area contributed by atoms with E-state index in [1.165, 1.54) is 6.07 Å². The Morgan fingerprint density at radius 1 is 1.22 bits per heavy atom. The maximum atomic E-state index is 12.2. The first kappa shape index (κ1) is 15.0. The molecule has 2 heterocycles. The molecule has 0 fully saturated rings. The standard InChI is InChI=1S/C16H16N4O3/c1-8-4-11-12(20-23-13(11)5-9(8)2)6-15(21)19-14-7-16(22)18-10(3)17-14/h4-5,7H,6H2,1-3H3,(H2,17,18,19,21,22). The van der Waals surface area contributed by atoms with E-state index in [2.05, 4.69) is 20.4 Å². The summed E-state index contributed by atoms with van der Waals surface area (Å²) in [5.41, 5.74) is 3.11. The summed E-state index contributed by atoms with van der Waals surface area (Å²) in [6, 6.07) is 5.10. The van der Waals surface area contributed by atoms with Gasteiger partial charge in [-0.1, -0.05) is 5.16 Å². The van der Waals surface area contributed by atoms with Gasteiger partial charge >= 0.3 is 0 Å². The Balaban J connectivity index is 1.83. The van der Waals surface area contributed by atoms with Crippen LogP contribution in [0.25, 0.3) is 11.0 Å². The number of hydrogen-bond donors (Lipinski definition) is 2. The molecule has 1 amide bonds. The second-order valence-corrected chi connectivity index (χ2v) is 5.50. The molecule has 0 radical (unpaired) electrons. The molecule has 7 heteroatoms. The minimum atomic E-state index is -0.314. The lowest BCUT2D eigenvalue weighted by Gasteiger charge is -2.04. The number of nitrogens with zero attached hydrogens (tertiary/aromatic N) is 2. The molecule has 2 N–H and O–H groups in total. The van der Waals surface area contributed by atoms with Crippen LogP contribution in [0.4, 0.5) is 5.82 Å². The fourth-order valence-electron chi connectivity index (χ4n) is 2.35. The number of hydrogen-bond acceptors (Lipinski definition) is 5. The number of rotatable bonds is 3. The molecule has 2 aromatic heterocycles. The van der Waals surface area contributed by atoms with E-state index in [9.17, 15) is 9.59 Å². The Morgan fingerprint density at radius 3 is 2.70 bits per heavy atom. The topological polar surface area (TPSA) is 101 Å². The molecular formula is C16H16N4O3. The number of aromatic nitrogens is 3. The molecule has 3 rings (SSSR count). The minimum Gasteiger partial charge on any atom is -0.356 e. The maximum absolute atomic E-state index is 12.2. The summed E-state index contributed by atoms with van der Waals surface area (Å²) in [5, 5.41) is 7.39. The van der Waals surface area contributed by atoms with E-state index < -0.39 is 0 Å². The van der Waals surface area contributed by atoms with Gasteiger partial charge in [0.05, 0.1) is 6.42 Å². The minimum absolute atomic E-state index is 0.0447. The molecule has 0 aliphatic heterocycles. The van der Waals surface area contributed by atoms with Gasteiger partial charge in [0.25, 0.3) is 5.56 Å². The lowest BCUT2D eigenvalue weighted by molar-refractivity contribution is -0.115. The monoisotopic (exact) mass is 312 g/mol. The number of benzene rings is 1. The molecule has 23 heavy (non-hydrogen) atoms. The number of nitrogens with one attached hydrogen (secondary N) is 2. The van der Waals surface area contributed by atoms with Gasteiger partial charge in [-0.25, -0.2) is 4.98 Å². The molecule has 118 valence electrons. The predicted octanol–water partition coefficient (Wildman–Crippen LogP) is 2.02. The Hall–Kier alpha value is -2.96. The number of amides is 1. The zero-order chi connectivity index (χ0) is 16.6. The number of H-pyrrole nitrogens is 1. The molecule has 0 aliphatic carbocycles. The fourth-order valence-corrected chi connectivity index (χ4v) is 2.35. The van der Waals surface area contributed by atoms with Crippen molar-refractivity contribution >= 4 is 22.7 Å². The highest BCUT2D eigenvalue weighted by Crippen LogP contribution is 2.23. The third kappa shape index (κ3) is 3.13. The van der Waals surface area contributed by atoms with E-state index in [4.69, 9.17) is 4.52 Å². The van der Waals surface area contributed by atoms with Crippen LogP contribution in [0.5, 0.6) is 0 Å². The molecule has 0 unspecified atom stereocenters. The van der Waals surface area contributed by atoms with E-state index in [0.29, 0.717) is 17.1 Å². The van der Waals surface area contributed by atoms with Gasteiger partial charge in [0.1, 0.15) is 17.3 Å². The van der Waals surface area contributed by atoms with Gasteiger partial charge in [-0.2, -0.15) is 0 Å². The highest BCUT2D eigenvalue weighted by Gasteiger charge is 2.14. The van der Waals surface area contributed by atoms with Crippen molar-refractivity contribution in [1.82, 2.24) is 15.1 Å². The van der Waals surface area contributed by atoms with Gasteiger partial charge in [-0.15, -0.1) is 0 Å². The summed E-state index contributed by atoms with van der Waals surface area (Å²) in [5.74, 6) is 0.345. The first-order chi connectivity index (χ1) is 10.9. The molecule has 0 bridgehead atoms. The van der Waals surface area contributed by atoms with E-state index in [1.54, 1.807) is 6.92 Å². The molecule has 7 nitrogen and oxygen atoms in total. The highest BCUT2D eigenvalue weighted by molar-refractivity contribution is 5.94. The summed E-state index contributed by atoms with van der Waals surface area (Å²) in [6.07, 6.45) is 0.0447. The molecule has 0 spiro atoms. The summed E-state index contributed by atoms with van der Waals surface area (Å²) in [4.78, 5) is 30.1. The van der Waals surface area contributed by atoms with Crippen LogP contribution in [0.3, 0.4) is 0 Å². The zero-order valence-electron chi connectivity index (χ0n) is 13.1. The Labute approximate surface area is 131 Å². The first-order valence-electron chi connectivity index (χ1n) is 7.15. The summed E-state index contributed by atoms with van der Waals surface area (Å²) in [6.45, 7) is 5.63. The van der Waals surface area contributed by atoms with Gasteiger partial charge in [0.2, 0.25) is 5.91 Å². The van der Waals surface area contributed by atoms with Crippen molar-refractivity contribution in [3.8, 4) is 0 Å².